The number of imidazole rings is 1. The minimum absolute atomic E-state index is 0.239. The van der Waals surface area contributed by atoms with Crippen LogP contribution in [-0.2, 0) is 13.2 Å². The molecular weight excluding hydrogens is 456 g/mol. The first-order valence-electron chi connectivity index (χ1n) is 11.4. The molecule has 2 amide bonds. The summed E-state index contributed by atoms with van der Waals surface area (Å²) >= 11 is 0. The molecule has 3 aromatic heterocycles. The number of carbonyl (C=O) groups is 2. The molecule has 2 N–H and O–H groups in total. The predicted molar refractivity (Wildman–Crippen MR) is 135 cm³/mol. The summed E-state index contributed by atoms with van der Waals surface area (Å²) in [6.45, 7) is 2.60. The lowest BCUT2D eigenvalue weighted by atomic mass is 10.1. The average molecular weight is 481 g/mol. The molecule has 180 valence electrons. The maximum atomic E-state index is 12.9. The van der Waals surface area contributed by atoms with E-state index in [2.05, 4.69) is 15.6 Å². The minimum atomic E-state index is -0.323. The normalized spacial score (nSPS) is 10.8. The number of rotatable bonds is 8. The number of nitrogens with zero attached hydrogens (tertiary/aromatic N) is 2. The lowest BCUT2D eigenvalue weighted by Crippen LogP contribution is -2.23. The quantitative estimate of drug-likeness (QED) is 0.326. The zero-order chi connectivity index (χ0) is 24.9. The first kappa shape index (κ1) is 22.9. The van der Waals surface area contributed by atoms with Crippen LogP contribution in [-0.4, -0.2) is 21.2 Å². The van der Waals surface area contributed by atoms with E-state index in [1.807, 2.05) is 54.0 Å². The molecule has 2 aromatic carbocycles. The Bertz CT molecular complexity index is 1500. The van der Waals surface area contributed by atoms with Gasteiger partial charge in [0.05, 0.1) is 17.5 Å². The second-order valence-corrected chi connectivity index (χ2v) is 8.30. The lowest BCUT2D eigenvalue weighted by Gasteiger charge is -2.11. The summed E-state index contributed by atoms with van der Waals surface area (Å²) in [6.07, 6.45) is 5.38. The first-order valence-corrected chi connectivity index (χ1v) is 11.4. The van der Waals surface area contributed by atoms with E-state index in [-0.39, 0.29) is 24.2 Å². The maximum Gasteiger partial charge on any atom is 0.291 e. The number of aryl methyl sites for hydroxylation is 1. The minimum Gasteiger partial charge on any atom is -0.486 e. The molecule has 0 aliphatic rings. The first-order chi connectivity index (χ1) is 17.5. The van der Waals surface area contributed by atoms with Crippen molar-refractivity contribution in [1.82, 2.24) is 14.7 Å². The average Bonchev–Trinajstić information content (AvgIpc) is 3.57. The molecule has 0 bridgehead atoms. The van der Waals surface area contributed by atoms with Gasteiger partial charge in [-0.1, -0.05) is 30.3 Å². The Morgan fingerprint density at radius 2 is 1.78 bits per heavy atom. The van der Waals surface area contributed by atoms with Crippen LogP contribution < -0.4 is 15.4 Å². The van der Waals surface area contributed by atoms with Gasteiger partial charge in [-0.3, -0.25) is 9.59 Å². The van der Waals surface area contributed by atoms with Crippen LogP contribution >= 0.6 is 0 Å². The van der Waals surface area contributed by atoms with E-state index in [1.54, 1.807) is 42.5 Å². The van der Waals surface area contributed by atoms with E-state index in [0.29, 0.717) is 23.5 Å². The van der Waals surface area contributed by atoms with Gasteiger partial charge >= 0.3 is 0 Å². The Balaban J connectivity index is 1.18. The number of amides is 2. The molecule has 0 radical (unpaired) electrons. The third-order valence-electron chi connectivity index (χ3n) is 5.57. The number of anilines is 1. The molecule has 5 rings (SSSR count). The highest BCUT2D eigenvalue weighted by Crippen LogP contribution is 2.20. The number of hydrogen-bond donors (Lipinski definition) is 2. The SMILES string of the molecule is Cc1ccc2nc(COc3ccccc3C(=O)NCc3ccc(NC(=O)c4ccco4)cc3)cn2c1. The van der Waals surface area contributed by atoms with Gasteiger partial charge in [0, 0.05) is 24.6 Å². The number of aromatic nitrogens is 2. The Labute approximate surface area is 207 Å². The van der Waals surface area contributed by atoms with Crippen LogP contribution in [0.4, 0.5) is 5.69 Å². The molecule has 0 saturated carbocycles. The number of furan rings is 1. The molecule has 0 aliphatic heterocycles. The van der Waals surface area contributed by atoms with Gasteiger partial charge in [-0.25, -0.2) is 4.98 Å². The van der Waals surface area contributed by atoms with E-state index >= 15 is 0 Å². The van der Waals surface area contributed by atoms with Crippen LogP contribution in [0.5, 0.6) is 5.75 Å². The van der Waals surface area contributed by atoms with Gasteiger partial charge in [-0.15, -0.1) is 0 Å². The van der Waals surface area contributed by atoms with E-state index in [1.165, 1.54) is 6.26 Å². The molecule has 0 atom stereocenters. The highest BCUT2D eigenvalue weighted by Gasteiger charge is 2.13. The monoisotopic (exact) mass is 480 g/mol. The highest BCUT2D eigenvalue weighted by molar-refractivity contribution is 6.02. The second kappa shape index (κ2) is 10.2. The fourth-order valence-electron chi connectivity index (χ4n) is 3.74. The molecule has 0 saturated heterocycles. The summed E-state index contributed by atoms with van der Waals surface area (Å²) in [4.78, 5) is 29.5. The fraction of sp³-hybridized carbons (Fsp3) is 0.107. The molecule has 0 fully saturated rings. The Morgan fingerprint density at radius 3 is 2.58 bits per heavy atom. The number of hydrogen-bond acceptors (Lipinski definition) is 5. The maximum absolute atomic E-state index is 12.9. The van der Waals surface area contributed by atoms with E-state index in [4.69, 9.17) is 9.15 Å². The second-order valence-electron chi connectivity index (χ2n) is 8.30. The van der Waals surface area contributed by atoms with Gasteiger partial charge in [-0.2, -0.15) is 0 Å². The number of pyridine rings is 1. The van der Waals surface area contributed by atoms with Gasteiger partial charge < -0.3 is 24.2 Å². The van der Waals surface area contributed by atoms with Crippen molar-refractivity contribution in [2.24, 2.45) is 0 Å². The molecule has 36 heavy (non-hydrogen) atoms. The summed E-state index contributed by atoms with van der Waals surface area (Å²) < 4.78 is 13.0. The zero-order valence-corrected chi connectivity index (χ0v) is 19.6. The molecule has 0 aliphatic carbocycles. The van der Waals surface area contributed by atoms with Crippen LogP contribution in [0.2, 0.25) is 0 Å². The molecule has 5 aromatic rings. The number of nitrogens with one attached hydrogen (secondary N) is 2. The van der Waals surface area contributed by atoms with Crippen molar-refractivity contribution in [2.75, 3.05) is 5.32 Å². The van der Waals surface area contributed by atoms with Gasteiger partial charge in [-0.05, 0) is 60.5 Å². The van der Waals surface area contributed by atoms with Crippen molar-refractivity contribution >= 4 is 23.1 Å². The molecule has 0 spiro atoms. The van der Waals surface area contributed by atoms with Gasteiger partial charge in [0.1, 0.15) is 18.0 Å². The van der Waals surface area contributed by atoms with E-state index < -0.39 is 0 Å². The molecule has 0 unspecified atom stereocenters. The largest absolute Gasteiger partial charge is 0.486 e. The van der Waals surface area contributed by atoms with Crippen molar-refractivity contribution in [1.29, 1.82) is 0 Å². The number of fused-ring (bicyclic) bond motifs is 1. The Morgan fingerprint density at radius 1 is 0.944 bits per heavy atom. The zero-order valence-electron chi connectivity index (χ0n) is 19.6. The molecular formula is C28H24N4O4. The smallest absolute Gasteiger partial charge is 0.291 e. The van der Waals surface area contributed by atoms with Gasteiger partial charge in [0.15, 0.2) is 5.76 Å². The number of carbonyl (C=O) groups excluding carboxylic acids is 2. The van der Waals surface area contributed by atoms with Crippen LogP contribution in [0.1, 0.15) is 37.7 Å². The van der Waals surface area contributed by atoms with Crippen LogP contribution in [0.25, 0.3) is 5.65 Å². The summed E-state index contributed by atoms with van der Waals surface area (Å²) in [5.41, 5.74) is 4.72. The summed E-state index contributed by atoms with van der Waals surface area (Å²) in [5.74, 6) is 0.158. The van der Waals surface area contributed by atoms with E-state index in [0.717, 1.165) is 22.5 Å². The Kier molecular flexibility index (Phi) is 6.48. The van der Waals surface area contributed by atoms with Crippen molar-refractivity contribution in [2.45, 2.75) is 20.1 Å². The third-order valence-corrected chi connectivity index (χ3v) is 5.57. The van der Waals surface area contributed by atoms with Crippen LogP contribution in [0.3, 0.4) is 0 Å². The van der Waals surface area contributed by atoms with Gasteiger partial charge in [0.2, 0.25) is 0 Å². The topological polar surface area (TPSA) is 97.9 Å². The summed E-state index contributed by atoms with van der Waals surface area (Å²) in [5, 5.41) is 5.69. The standard InChI is InChI=1S/C28H24N4O4/c1-19-8-13-26-30-22(17-32(26)16-19)18-36-24-6-3-2-5-23(24)27(33)29-15-20-9-11-21(12-10-20)31-28(34)25-7-4-14-35-25/h2-14,16-17H,15,18H2,1H3,(H,29,33)(H,31,34). The lowest BCUT2D eigenvalue weighted by molar-refractivity contribution is 0.0945. The number of para-hydroxylation sites is 1. The van der Waals surface area contributed by atoms with Crippen molar-refractivity contribution in [3.05, 3.63) is 120 Å². The van der Waals surface area contributed by atoms with Gasteiger partial charge in [0.25, 0.3) is 11.8 Å². The number of benzene rings is 2. The number of ether oxygens (including phenoxy) is 1. The third kappa shape index (κ3) is 5.28. The molecule has 8 nitrogen and oxygen atoms in total. The summed E-state index contributed by atoms with van der Waals surface area (Å²) in [7, 11) is 0. The predicted octanol–water partition coefficient (Wildman–Crippen LogP) is 5.00. The van der Waals surface area contributed by atoms with Crippen LogP contribution in [0.15, 0.2) is 95.9 Å². The summed E-state index contributed by atoms with van der Waals surface area (Å²) in [6, 6.07) is 21.6. The van der Waals surface area contributed by atoms with E-state index in [9.17, 15) is 9.59 Å². The molecule has 3 heterocycles. The van der Waals surface area contributed by atoms with Crippen molar-refractivity contribution < 1.29 is 18.7 Å². The Hall–Kier alpha value is -4.85. The highest BCUT2D eigenvalue weighted by atomic mass is 16.5. The fourth-order valence-corrected chi connectivity index (χ4v) is 3.74. The van der Waals surface area contributed by atoms with Crippen molar-refractivity contribution in [3.63, 3.8) is 0 Å². The van der Waals surface area contributed by atoms with Crippen LogP contribution in [0, 0.1) is 6.92 Å². The van der Waals surface area contributed by atoms with Crippen molar-refractivity contribution in [3.8, 4) is 5.75 Å². The molecule has 8 heteroatoms.